The minimum absolute atomic E-state index is 0.242. The molecule has 21 heavy (non-hydrogen) atoms. The van der Waals surface area contributed by atoms with Gasteiger partial charge in [-0.2, -0.15) is 0 Å². The molecule has 0 unspecified atom stereocenters. The first-order valence-electron chi connectivity index (χ1n) is 6.83. The van der Waals surface area contributed by atoms with E-state index in [4.69, 9.17) is 11.6 Å². The number of amides is 2. The van der Waals surface area contributed by atoms with E-state index in [0.717, 1.165) is 11.1 Å². The van der Waals surface area contributed by atoms with E-state index in [2.05, 4.69) is 36.6 Å². The molecule has 0 aliphatic carbocycles. The van der Waals surface area contributed by atoms with E-state index in [1.54, 1.807) is 6.07 Å². The molecular weight excluding hydrogens is 284 g/mol. The second kappa shape index (κ2) is 6.64. The molecule has 2 aromatic rings. The number of halogens is 1. The molecule has 0 radical (unpaired) electrons. The van der Waals surface area contributed by atoms with Gasteiger partial charge in [-0.05, 0) is 55.2 Å². The molecule has 0 atom stereocenters. The van der Waals surface area contributed by atoms with Crippen LogP contribution in [0.2, 0.25) is 5.02 Å². The second-order valence-corrected chi connectivity index (χ2v) is 5.60. The van der Waals surface area contributed by atoms with E-state index >= 15 is 0 Å². The molecule has 0 aliphatic heterocycles. The van der Waals surface area contributed by atoms with Crippen LogP contribution in [0.25, 0.3) is 0 Å². The Morgan fingerprint density at radius 3 is 2.38 bits per heavy atom. The van der Waals surface area contributed by atoms with Crippen LogP contribution in [-0.2, 0) is 6.54 Å². The molecule has 4 heteroatoms. The van der Waals surface area contributed by atoms with E-state index in [0.29, 0.717) is 17.3 Å². The van der Waals surface area contributed by atoms with Crippen molar-refractivity contribution in [2.24, 2.45) is 0 Å². The van der Waals surface area contributed by atoms with Crippen molar-refractivity contribution in [1.29, 1.82) is 0 Å². The molecule has 3 nitrogen and oxygen atoms in total. The fourth-order valence-corrected chi connectivity index (χ4v) is 2.12. The third kappa shape index (κ3) is 4.23. The molecule has 0 saturated carbocycles. The van der Waals surface area contributed by atoms with Gasteiger partial charge in [0.1, 0.15) is 0 Å². The van der Waals surface area contributed by atoms with Crippen LogP contribution in [0.15, 0.2) is 36.4 Å². The number of aryl methyl sites for hydroxylation is 3. The summed E-state index contributed by atoms with van der Waals surface area (Å²) in [7, 11) is 0. The molecule has 0 spiro atoms. The zero-order chi connectivity index (χ0) is 15.4. The number of nitrogens with one attached hydrogen (secondary N) is 2. The largest absolute Gasteiger partial charge is 0.334 e. The van der Waals surface area contributed by atoms with Crippen molar-refractivity contribution in [2.45, 2.75) is 27.3 Å². The minimum atomic E-state index is -0.242. The maximum Gasteiger partial charge on any atom is 0.319 e. The fourth-order valence-electron chi connectivity index (χ4n) is 1.94. The normalized spacial score (nSPS) is 10.3. The van der Waals surface area contributed by atoms with Crippen LogP contribution in [-0.4, -0.2) is 6.03 Å². The summed E-state index contributed by atoms with van der Waals surface area (Å²) in [6, 6.07) is 11.4. The lowest BCUT2D eigenvalue weighted by Crippen LogP contribution is -2.28. The van der Waals surface area contributed by atoms with Crippen molar-refractivity contribution < 1.29 is 4.79 Å². The van der Waals surface area contributed by atoms with Gasteiger partial charge in [-0.3, -0.25) is 0 Å². The van der Waals surface area contributed by atoms with Crippen molar-refractivity contribution in [2.75, 3.05) is 5.32 Å². The van der Waals surface area contributed by atoms with Gasteiger partial charge < -0.3 is 10.6 Å². The maximum absolute atomic E-state index is 11.9. The third-order valence-corrected chi connectivity index (χ3v) is 3.86. The number of benzene rings is 2. The summed E-state index contributed by atoms with van der Waals surface area (Å²) < 4.78 is 0. The summed E-state index contributed by atoms with van der Waals surface area (Å²) >= 11 is 6.03. The van der Waals surface area contributed by atoms with Gasteiger partial charge in [0.15, 0.2) is 0 Å². The first kappa shape index (κ1) is 15.4. The molecule has 0 fully saturated rings. The molecule has 0 aliphatic rings. The van der Waals surface area contributed by atoms with Crippen molar-refractivity contribution in [3.05, 3.63) is 63.7 Å². The molecule has 0 bridgehead atoms. The molecule has 2 rings (SSSR count). The lowest BCUT2D eigenvalue weighted by Gasteiger charge is -2.10. The zero-order valence-corrected chi connectivity index (χ0v) is 13.2. The Labute approximate surface area is 130 Å². The van der Waals surface area contributed by atoms with Gasteiger partial charge >= 0.3 is 6.03 Å². The summed E-state index contributed by atoms with van der Waals surface area (Å²) in [6.07, 6.45) is 0. The number of carbonyl (C=O) groups is 1. The summed E-state index contributed by atoms with van der Waals surface area (Å²) in [5, 5.41) is 6.25. The molecule has 2 amide bonds. The van der Waals surface area contributed by atoms with Gasteiger partial charge in [-0.1, -0.05) is 35.9 Å². The van der Waals surface area contributed by atoms with Crippen LogP contribution >= 0.6 is 11.6 Å². The van der Waals surface area contributed by atoms with E-state index in [9.17, 15) is 4.79 Å². The van der Waals surface area contributed by atoms with E-state index in [-0.39, 0.29) is 6.03 Å². The van der Waals surface area contributed by atoms with Gasteiger partial charge in [0.25, 0.3) is 0 Å². The van der Waals surface area contributed by atoms with Crippen LogP contribution in [0.4, 0.5) is 10.5 Å². The average molecular weight is 303 g/mol. The molecular formula is C17H19ClN2O. The predicted molar refractivity (Wildman–Crippen MR) is 88.0 cm³/mol. The number of rotatable bonds is 3. The van der Waals surface area contributed by atoms with E-state index in [1.807, 2.05) is 25.1 Å². The lowest BCUT2D eigenvalue weighted by atomic mass is 10.1. The smallest absolute Gasteiger partial charge is 0.319 e. The number of hydrogen-bond donors (Lipinski definition) is 2. The van der Waals surface area contributed by atoms with Crippen LogP contribution in [0, 0.1) is 20.8 Å². The van der Waals surface area contributed by atoms with Gasteiger partial charge in [-0.25, -0.2) is 4.79 Å². The van der Waals surface area contributed by atoms with Crippen LogP contribution in [0.5, 0.6) is 0 Å². The topological polar surface area (TPSA) is 41.1 Å². The Hall–Kier alpha value is -2.00. The lowest BCUT2D eigenvalue weighted by molar-refractivity contribution is 0.251. The van der Waals surface area contributed by atoms with Gasteiger partial charge in [-0.15, -0.1) is 0 Å². The number of carbonyl (C=O) groups excluding carboxylic acids is 1. The summed E-state index contributed by atoms with van der Waals surface area (Å²) in [6.45, 7) is 6.55. The maximum atomic E-state index is 11.9. The van der Waals surface area contributed by atoms with Crippen molar-refractivity contribution in [3.63, 3.8) is 0 Å². The monoisotopic (exact) mass is 302 g/mol. The standard InChI is InChI=1S/C17H19ClN2O/c1-11-4-6-14(8-13(11)3)10-19-17(21)20-15-7-5-12(2)16(18)9-15/h4-9H,10H2,1-3H3,(H2,19,20,21). The van der Waals surface area contributed by atoms with Crippen molar-refractivity contribution >= 4 is 23.3 Å². The fraction of sp³-hybridized carbons (Fsp3) is 0.235. The van der Waals surface area contributed by atoms with Crippen LogP contribution in [0.3, 0.4) is 0 Å². The van der Waals surface area contributed by atoms with E-state index in [1.165, 1.54) is 11.1 Å². The highest BCUT2D eigenvalue weighted by molar-refractivity contribution is 6.31. The average Bonchev–Trinajstić information content (AvgIpc) is 2.44. The zero-order valence-electron chi connectivity index (χ0n) is 12.5. The Balaban J connectivity index is 1.92. The Kier molecular flexibility index (Phi) is 4.86. The highest BCUT2D eigenvalue weighted by atomic mass is 35.5. The Bertz CT molecular complexity index is 668. The van der Waals surface area contributed by atoms with E-state index < -0.39 is 0 Å². The second-order valence-electron chi connectivity index (χ2n) is 5.19. The van der Waals surface area contributed by atoms with Gasteiger partial charge in [0.2, 0.25) is 0 Å². The number of hydrogen-bond acceptors (Lipinski definition) is 1. The third-order valence-electron chi connectivity index (χ3n) is 3.45. The highest BCUT2D eigenvalue weighted by Gasteiger charge is 2.04. The van der Waals surface area contributed by atoms with Gasteiger partial charge in [0.05, 0.1) is 0 Å². The SMILES string of the molecule is Cc1ccc(CNC(=O)Nc2ccc(C)c(Cl)c2)cc1C. The summed E-state index contributed by atoms with van der Waals surface area (Å²) in [5.74, 6) is 0. The molecule has 2 N–H and O–H groups in total. The quantitative estimate of drug-likeness (QED) is 0.855. The summed E-state index contributed by atoms with van der Waals surface area (Å²) in [5.41, 5.74) is 5.22. The van der Waals surface area contributed by atoms with Crippen LogP contribution in [0.1, 0.15) is 22.3 Å². The molecule has 2 aromatic carbocycles. The molecule has 0 heterocycles. The van der Waals surface area contributed by atoms with Crippen LogP contribution < -0.4 is 10.6 Å². The molecule has 0 saturated heterocycles. The van der Waals surface area contributed by atoms with Gasteiger partial charge in [0, 0.05) is 17.3 Å². The summed E-state index contributed by atoms with van der Waals surface area (Å²) in [4.78, 5) is 11.9. The molecule has 0 aromatic heterocycles. The molecule has 110 valence electrons. The number of anilines is 1. The van der Waals surface area contributed by atoms with Crippen molar-refractivity contribution in [1.82, 2.24) is 5.32 Å². The number of urea groups is 1. The van der Waals surface area contributed by atoms with Crippen molar-refractivity contribution in [3.8, 4) is 0 Å². The Morgan fingerprint density at radius 1 is 1.00 bits per heavy atom. The predicted octanol–water partition coefficient (Wildman–Crippen LogP) is 4.59. The first-order chi connectivity index (χ1) is 9.95. The highest BCUT2D eigenvalue weighted by Crippen LogP contribution is 2.19. The minimum Gasteiger partial charge on any atom is -0.334 e. The Morgan fingerprint density at radius 2 is 1.71 bits per heavy atom. The first-order valence-corrected chi connectivity index (χ1v) is 7.20.